The number of benzene rings is 2. The van der Waals surface area contributed by atoms with Crippen molar-refractivity contribution in [3.05, 3.63) is 59.7 Å². The van der Waals surface area contributed by atoms with Gasteiger partial charge in [0.15, 0.2) is 0 Å². The molecule has 0 aromatic heterocycles. The fraction of sp³-hybridized carbons (Fsp3) is 0.500. The minimum absolute atomic E-state index is 0.135. The molecule has 0 bridgehead atoms. The van der Waals surface area contributed by atoms with E-state index in [1.54, 1.807) is 14.2 Å². The summed E-state index contributed by atoms with van der Waals surface area (Å²) in [7, 11) is 0.618. The van der Waals surface area contributed by atoms with Crippen molar-refractivity contribution in [1.82, 2.24) is 10.6 Å². The van der Waals surface area contributed by atoms with Crippen LogP contribution in [0.25, 0.3) is 0 Å². The molecule has 7 nitrogen and oxygen atoms in total. The van der Waals surface area contributed by atoms with E-state index in [1.807, 2.05) is 36.4 Å². The predicted octanol–water partition coefficient (Wildman–Crippen LogP) is 3.44. The first-order chi connectivity index (χ1) is 16.1. The minimum Gasteiger partial charge on any atom is -0.496 e. The highest BCUT2D eigenvalue weighted by atomic mass is 33.1. The van der Waals surface area contributed by atoms with E-state index in [0.29, 0.717) is 18.8 Å². The quantitative estimate of drug-likeness (QED) is 0.240. The summed E-state index contributed by atoms with van der Waals surface area (Å²) in [6, 6.07) is 16.0. The van der Waals surface area contributed by atoms with Crippen LogP contribution in [0.3, 0.4) is 0 Å². The second-order valence-corrected chi connectivity index (χ2v) is 11.0. The number of ether oxygens (including phenoxy) is 2. The second-order valence-electron chi connectivity index (χ2n) is 7.38. The lowest BCUT2D eigenvalue weighted by Gasteiger charge is -2.09. The average molecular weight is 497 g/mol. The Morgan fingerprint density at radius 1 is 0.758 bits per heavy atom. The fourth-order valence-electron chi connectivity index (χ4n) is 3.34. The van der Waals surface area contributed by atoms with Gasteiger partial charge in [-0.3, -0.25) is 4.18 Å². The highest BCUT2D eigenvalue weighted by Crippen LogP contribution is 2.19. The molecule has 0 unspecified atom stereocenters. The Kier molecular flexibility index (Phi) is 13.3. The first-order valence-electron chi connectivity index (χ1n) is 11.2. The summed E-state index contributed by atoms with van der Waals surface area (Å²) in [5.74, 6) is 2.25. The van der Waals surface area contributed by atoms with Crippen LogP contribution in [0.2, 0.25) is 0 Å². The van der Waals surface area contributed by atoms with Crippen LogP contribution < -0.4 is 20.1 Å². The Morgan fingerprint density at radius 3 is 1.82 bits per heavy atom. The largest absolute Gasteiger partial charge is 0.496 e. The molecule has 9 heteroatoms. The highest BCUT2D eigenvalue weighted by Gasteiger charge is 2.11. The van der Waals surface area contributed by atoms with E-state index in [-0.39, 0.29) is 6.61 Å². The zero-order valence-electron chi connectivity index (χ0n) is 19.5. The Bertz CT molecular complexity index is 842. The standard InChI is InChI=1S/C24H36N2O5S2/c1-29-23-13-5-3-9-21(23)11-7-15-25-17-19-31-33(27,28)32-20-18-26-16-8-12-22-10-4-6-14-24(22)30-2/h3-6,9-10,13-14,25-26H,7-8,11-12,15-20H2,1-2H3. The van der Waals surface area contributed by atoms with Crippen LogP contribution in [0.15, 0.2) is 48.5 Å². The zero-order valence-corrected chi connectivity index (χ0v) is 21.2. The normalized spacial score (nSPS) is 11.5. The number of methoxy groups -OCH3 is 2. The molecule has 0 saturated carbocycles. The Morgan fingerprint density at radius 2 is 1.27 bits per heavy atom. The molecule has 184 valence electrons. The van der Waals surface area contributed by atoms with Crippen LogP contribution in [0.4, 0.5) is 0 Å². The third kappa shape index (κ3) is 11.3. The molecule has 0 amide bonds. The molecular formula is C24H36N2O5S2. The van der Waals surface area contributed by atoms with E-state index < -0.39 is 9.15 Å². The third-order valence-electron chi connectivity index (χ3n) is 5.00. The van der Waals surface area contributed by atoms with Crippen molar-refractivity contribution < 1.29 is 22.1 Å². The molecule has 2 aromatic carbocycles. The topological polar surface area (TPSA) is 85.9 Å². The highest BCUT2D eigenvalue weighted by molar-refractivity contribution is 8.70. The first kappa shape index (κ1) is 27.5. The van der Waals surface area contributed by atoms with E-state index in [9.17, 15) is 8.42 Å². The minimum atomic E-state index is -3.57. The Hall–Kier alpha value is -1.78. The van der Waals surface area contributed by atoms with E-state index in [4.69, 9.17) is 13.7 Å². The Balaban J connectivity index is 1.46. The van der Waals surface area contributed by atoms with Crippen molar-refractivity contribution in [3.8, 4) is 11.5 Å². The van der Waals surface area contributed by atoms with E-state index in [1.165, 1.54) is 11.1 Å². The van der Waals surface area contributed by atoms with Gasteiger partial charge in [-0.1, -0.05) is 36.4 Å². The zero-order chi connectivity index (χ0) is 23.8. The van der Waals surface area contributed by atoms with E-state index in [0.717, 1.165) is 61.1 Å². The van der Waals surface area contributed by atoms with Gasteiger partial charge in [0.25, 0.3) is 0 Å². The number of hydrogen-bond donors (Lipinski definition) is 2. The van der Waals surface area contributed by atoms with Gasteiger partial charge in [0.05, 0.1) is 20.8 Å². The van der Waals surface area contributed by atoms with Gasteiger partial charge in [0.2, 0.25) is 0 Å². The average Bonchev–Trinajstić information content (AvgIpc) is 2.83. The maximum absolute atomic E-state index is 12.0. The molecule has 33 heavy (non-hydrogen) atoms. The van der Waals surface area contributed by atoms with E-state index in [2.05, 4.69) is 22.8 Å². The van der Waals surface area contributed by atoms with Crippen molar-refractivity contribution in [2.45, 2.75) is 25.7 Å². The molecule has 0 aliphatic heterocycles. The monoisotopic (exact) mass is 496 g/mol. The van der Waals surface area contributed by atoms with Gasteiger partial charge in [-0.15, -0.1) is 0 Å². The number of aryl methyl sites for hydroxylation is 2. The smallest absolute Gasteiger partial charge is 0.322 e. The lowest BCUT2D eigenvalue weighted by Crippen LogP contribution is -2.23. The van der Waals surface area contributed by atoms with Gasteiger partial charge in [-0.25, -0.2) is 0 Å². The Labute approximate surface area is 202 Å². The second kappa shape index (κ2) is 16.0. The maximum Gasteiger partial charge on any atom is 0.322 e. The summed E-state index contributed by atoms with van der Waals surface area (Å²) >= 11 is 0. The van der Waals surface area contributed by atoms with Crippen LogP contribution in [0, 0.1) is 0 Å². The molecule has 0 aliphatic rings. The van der Waals surface area contributed by atoms with Gasteiger partial charge < -0.3 is 20.1 Å². The molecular weight excluding hydrogens is 460 g/mol. The number of para-hydroxylation sites is 2. The van der Waals surface area contributed by atoms with Crippen LogP contribution in [-0.2, 0) is 26.2 Å². The van der Waals surface area contributed by atoms with Gasteiger partial charge in [0, 0.05) is 18.8 Å². The first-order valence-corrected chi connectivity index (χ1v) is 14.2. The molecule has 0 spiro atoms. The molecule has 0 heterocycles. The molecule has 0 saturated heterocycles. The molecule has 0 radical (unpaired) electrons. The van der Waals surface area contributed by atoms with Crippen LogP contribution >= 0.6 is 10.8 Å². The van der Waals surface area contributed by atoms with E-state index >= 15 is 0 Å². The van der Waals surface area contributed by atoms with Crippen molar-refractivity contribution >= 4 is 19.9 Å². The fourth-order valence-corrected chi connectivity index (χ4v) is 5.40. The van der Waals surface area contributed by atoms with Crippen molar-refractivity contribution in [1.29, 1.82) is 0 Å². The summed E-state index contributed by atoms with van der Waals surface area (Å²) in [5, 5.41) is 6.49. The van der Waals surface area contributed by atoms with Crippen molar-refractivity contribution in [3.63, 3.8) is 0 Å². The number of rotatable bonds is 18. The van der Waals surface area contributed by atoms with Crippen molar-refractivity contribution in [2.24, 2.45) is 0 Å². The molecule has 2 aromatic rings. The summed E-state index contributed by atoms with van der Waals surface area (Å²) in [4.78, 5) is 0. The summed E-state index contributed by atoms with van der Waals surface area (Å²) in [6.45, 7) is 2.84. The lowest BCUT2D eigenvalue weighted by molar-refractivity contribution is 0.325. The summed E-state index contributed by atoms with van der Waals surface area (Å²) in [5.41, 5.74) is 2.35. The molecule has 0 fully saturated rings. The van der Waals surface area contributed by atoms with Crippen LogP contribution in [0.1, 0.15) is 24.0 Å². The van der Waals surface area contributed by atoms with Gasteiger partial charge in [0.1, 0.15) is 11.5 Å². The summed E-state index contributed by atoms with van der Waals surface area (Å²) in [6.07, 6.45) is 3.71. The third-order valence-corrected chi connectivity index (χ3v) is 7.77. The summed E-state index contributed by atoms with van der Waals surface area (Å²) < 4.78 is 39.7. The van der Waals surface area contributed by atoms with Gasteiger partial charge in [-0.05, 0) is 72.8 Å². The maximum atomic E-state index is 12.0. The van der Waals surface area contributed by atoms with Gasteiger partial charge >= 0.3 is 9.15 Å². The molecule has 0 aliphatic carbocycles. The lowest BCUT2D eigenvalue weighted by atomic mass is 10.1. The molecule has 0 atom stereocenters. The van der Waals surface area contributed by atoms with Crippen molar-refractivity contribution in [2.75, 3.05) is 52.8 Å². The van der Waals surface area contributed by atoms with Gasteiger partial charge in [-0.2, -0.15) is 8.42 Å². The van der Waals surface area contributed by atoms with Crippen LogP contribution in [0.5, 0.6) is 11.5 Å². The SMILES string of the molecule is COc1ccccc1CCCNCCOS(=O)(=O)SCCNCCCc1ccccc1OC. The van der Waals surface area contributed by atoms with Crippen LogP contribution in [-0.4, -0.2) is 61.2 Å². The number of hydrogen-bond acceptors (Lipinski definition) is 8. The molecule has 2 rings (SSSR count). The number of nitrogens with one attached hydrogen (secondary N) is 2. The predicted molar refractivity (Wildman–Crippen MR) is 136 cm³/mol. The molecule has 2 N–H and O–H groups in total.